The molecular weight excluding hydrogens is 769 g/mol. The van der Waals surface area contributed by atoms with E-state index in [0.29, 0.717) is 28.7 Å². The van der Waals surface area contributed by atoms with Crippen LogP contribution >= 0.6 is 23.1 Å². The lowest BCUT2D eigenvalue weighted by atomic mass is 10.1. The Morgan fingerprint density at radius 3 is 1.57 bits per heavy atom. The van der Waals surface area contributed by atoms with E-state index in [2.05, 4.69) is 50.5 Å². The van der Waals surface area contributed by atoms with Crippen molar-refractivity contribution >= 4 is 33.3 Å². The molecular formula is C42H44N12O2S2. The van der Waals surface area contributed by atoms with Gasteiger partial charge in [0.1, 0.15) is 0 Å². The van der Waals surface area contributed by atoms with Crippen molar-refractivity contribution in [2.24, 2.45) is 0 Å². The number of methoxy groups -OCH3 is 2. The Morgan fingerprint density at radius 1 is 0.586 bits per heavy atom. The molecule has 0 bridgehead atoms. The van der Waals surface area contributed by atoms with Crippen LogP contribution in [-0.2, 0) is 12.8 Å². The van der Waals surface area contributed by atoms with E-state index < -0.39 is 0 Å². The quantitative estimate of drug-likeness (QED) is 0.149. The molecule has 0 radical (unpaired) electrons. The van der Waals surface area contributed by atoms with Crippen molar-refractivity contribution < 1.29 is 9.47 Å². The fourth-order valence-corrected chi connectivity index (χ4v) is 8.16. The Labute approximate surface area is 346 Å². The van der Waals surface area contributed by atoms with E-state index in [4.69, 9.17) is 30.0 Å². The second-order valence-corrected chi connectivity index (χ2v) is 15.2. The molecule has 2 saturated heterocycles. The summed E-state index contributed by atoms with van der Waals surface area (Å²) < 4.78 is 19.4. The molecule has 0 amide bonds. The highest BCUT2D eigenvalue weighted by atomic mass is 32.1. The standard InChI is InChI=1S/2C21H22N6OS/c1-28-19-14-16(6-8-23-19)7-9-26-10-12-27(13-11-26)21-24-20(25-29-21)18-4-2-17(15-22)3-5-18;1-28-19-14-16(5-7-23-19)6-8-26-9-11-27(12-10-26)21-24-20(25-29-21)18-4-2-3-17(13-18)15-22/h2-6,8,14H,7,9-13H2,1H3;2-5,7,13-14H,6,8-12H2,1H3. The molecule has 4 aromatic heterocycles. The molecule has 6 heterocycles. The number of nitrogens with zero attached hydrogens (tertiary/aromatic N) is 12. The number of ether oxygens (including phenoxy) is 2. The van der Waals surface area contributed by atoms with Crippen LogP contribution in [0, 0.1) is 22.7 Å². The number of benzene rings is 2. The van der Waals surface area contributed by atoms with Gasteiger partial charge in [-0.15, -0.1) is 0 Å². The first-order chi connectivity index (χ1) is 28.5. The number of anilines is 2. The third-order valence-corrected chi connectivity index (χ3v) is 11.6. The van der Waals surface area contributed by atoms with Gasteiger partial charge in [-0.1, -0.05) is 12.1 Å². The summed E-state index contributed by atoms with van der Waals surface area (Å²) in [6.07, 6.45) is 5.57. The minimum absolute atomic E-state index is 0.624. The van der Waals surface area contributed by atoms with Gasteiger partial charge in [-0.25, -0.2) is 9.97 Å². The second-order valence-electron chi connectivity index (χ2n) is 13.8. The smallest absolute Gasteiger partial charge is 0.213 e. The van der Waals surface area contributed by atoms with Gasteiger partial charge in [0.25, 0.3) is 0 Å². The molecule has 0 saturated carbocycles. The maximum atomic E-state index is 9.08. The van der Waals surface area contributed by atoms with Crippen LogP contribution in [0.15, 0.2) is 85.2 Å². The second kappa shape index (κ2) is 19.9. The van der Waals surface area contributed by atoms with Gasteiger partial charge >= 0.3 is 0 Å². The van der Waals surface area contributed by atoms with Gasteiger partial charge in [0.2, 0.25) is 22.0 Å². The Kier molecular flexibility index (Phi) is 13.8. The summed E-state index contributed by atoms with van der Waals surface area (Å²) in [4.78, 5) is 27.3. The van der Waals surface area contributed by atoms with Crippen molar-refractivity contribution in [2.75, 3.05) is 89.5 Å². The number of hydrogen-bond donors (Lipinski definition) is 0. The van der Waals surface area contributed by atoms with Gasteiger partial charge in [0.05, 0.1) is 37.5 Å². The van der Waals surface area contributed by atoms with Crippen LogP contribution in [0.3, 0.4) is 0 Å². The minimum Gasteiger partial charge on any atom is -0.481 e. The number of piperazine rings is 2. The molecule has 2 aliphatic rings. The van der Waals surface area contributed by atoms with Crippen molar-refractivity contribution in [1.82, 2.24) is 38.5 Å². The highest BCUT2D eigenvalue weighted by Gasteiger charge is 2.22. The van der Waals surface area contributed by atoms with Crippen LogP contribution in [0.25, 0.3) is 22.8 Å². The molecule has 16 heteroatoms. The van der Waals surface area contributed by atoms with Crippen LogP contribution in [0.1, 0.15) is 22.3 Å². The molecule has 2 aromatic carbocycles. The third-order valence-electron chi connectivity index (χ3n) is 10.1. The molecule has 296 valence electrons. The van der Waals surface area contributed by atoms with E-state index >= 15 is 0 Å². The first-order valence-corrected chi connectivity index (χ1v) is 20.7. The van der Waals surface area contributed by atoms with Crippen LogP contribution in [0.2, 0.25) is 0 Å². The topological polar surface area (TPSA) is 156 Å². The first-order valence-electron chi connectivity index (χ1n) is 19.1. The fraction of sp³-hybridized carbons (Fsp3) is 0.333. The van der Waals surface area contributed by atoms with Gasteiger partial charge in [-0.05, 0) is 72.5 Å². The lowest BCUT2D eigenvalue weighted by Gasteiger charge is -2.34. The van der Waals surface area contributed by atoms with E-state index in [9.17, 15) is 0 Å². The monoisotopic (exact) mass is 812 g/mol. The fourth-order valence-electron chi connectivity index (χ4n) is 6.68. The Balaban J connectivity index is 0.000000177. The largest absolute Gasteiger partial charge is 0.481 e. The Morgan fingerprint density at radius 2 is 1.09 bits per heavy atom. The number of hydrogen-bond acceptors (Lipinski definition) is 16. The Bertz CT molecular complexity index is 2320. The maximum absolute atomic E-state index is 9.08. The zero-order valence-corrected chi connectivity index (χ0v) is 34.2. The van der Waals surface area contributed by atoms with E-state index in [-0.39, 0.29) is 0 Å². The zero-order valence-electron chi connectivity index (χ0n) is 32.6. The molecule has 8 rings (SSSR count). The van der Waals surface area contributed by atoms with Gasteiger partial charge < -0.3 is 19.3 Å². The van der Waals surface area contributed by atoms with Gasteiger partial charge in [0, 0.05) is 124 Å². The molecule has 0 unspecified atom stereocenters. The Hall–Kier alpha value is -6.04. The van der Waals surface area contributed by atoms with Crippen LogP contribution in [-0.4, -0.2) is 118 Å². The van der Waals surface area contributed by atoms with Gasteiger partial charge in [0.15, 0.2) is 11.6 Å². The summed E-state index contributed by atoms with van der Waals surface area (Å²) in [5.41, 5.74) is 5.59. The summed E-state index contributed by atoms with van der Waals surface area (Å²) in [5.74, 6) is 2.75. The van der Waals surface area contributed by atoms with E-state index in [0.717, 1.165) is 106 Å². The molecule has 14 nitrogen and oxygen atoms in total. The highest BCUT2D eigenvalue weighted by Crippen LogP contribution is 2.27. The van der Waals surface area contributed by atoms with Gasteiger partial charge in [-0.3, -0.25) is 9.80 Å². The van der Waals surface area contributed by atoms with Gasteiger partial charge in [-0.2, -0.15) is 29.2 Å². The van der Waals surface area contributed by atoms with E-state index in [1.165, 1.54) is 34.2 Å². The molecule has 0 spiro atoms. The van der Waals surface area contributed by atoms with Crippen molar-refractivity contribution in [3.63, 3.8) is 0 Å². The average molecular weight is 813 g/mol. The predicted molar refractivity (Wildman–Crippen MR) is 226 cm³/mol. The van der Waals surface area contributed by atoms with Crippen LogP contribution in [0.5, 0.6) is 11.8 Å². The summed E-state index contributed by atoms with van der Waals surface area (Å²) in [6.45, 7) is 9.82. The molecule has 0 aliphatic carbocycles. The number of rotatable bonds is 12. The normalized spacial score (nSPS) is 14.6. The van der Waals surface area contributed by atoms with Crippen molar-refractivity contribution in [3.8, 4) is 46.7 Å². The number of aromatic nitrogens is 6. The summed E-state index contributed by atoms with van der Waals surface area (Å²) >= 11 is 2.86. The number of nitriles is 2. The maximum Gasteiger partial charge on any atom is 0.213 e. The SMILES string of the molecule is COc1cc(CCN2CCN(c3nc(-c4ccc(C#N)cc4)ns3)CC2)ccn1.COc1cc(CCN2CCN(c3nc(-c4cccc(C#N)c4)ns3)CC2)ccn1. The molecule has 58 heavy (non-hydrogen) atoms. The molecule has 0 atom stereocenters. The lowest BCUT2D eigenvalue weighted by Crippen LogP contribution is -2.47. The molecule has 0 N–H and O–H groups in total. The highest BCUT2D eigenvalue weighted by molar-refractivity contribution is 7.10. The lowest BCUT2D eigenvalue weighted by molar-refractivity contribution is 0.261. The third kappa shape index (κ3) is 10.7. The first kappa shape index (κ1) is 40.2. The molecule has 2 fully saturated rings. The molecule has 6 aromatic rings. The van der Waals surface area contributed by atoms with Crippen LogP contribution in [0.4, 0.5) is 10.3 Å². The van der Waals surface area contributed by atoms with Crippen LogP contribution < -0.4 is 19.3 Å². The summed E-state index contributed by atoms with van der Waals surface area (Å²) in [5, 5.41) is 19.9. The predicted octanol–water partition coefficient (Wildman–Crippen LogP) is 5.69. The van der Waals surface area contributed by atoms with Crippen molar-refractivity contribution in [3.05, 3.63) is 107 Å². The summed E-state index contributed by atoms with van der Waals surface area (Å²) in [7, 11) is 3.29. The van der Waals surface area contributed by atoms with E-state index in [1.807, 2.05) is 54.6 Å². The van der Waals surface area contributed by atoms with E-state index in [1.54, 1.807) is 44.8 Å². The minimum atomic E-state index is 0.624. The molecule has 2 aliphatic heterocycles. The number of pyridine rings is 2. The average Bonchev–Trinajstić information content (AvgIpc) is 4.00. The van der Waals surface area contributed by atoms with Crippen molar-refractivity contribution in [1.29, 1.82) is 10.5 Å². The van der Waals surface area contributed by atoms with Crippen molar-refractivity contribution in [2.45, 2.75) is 12.8 Å². The zero-order chi connectivity index (χ0) is 40.1. The summed E-state index contributed by atoms with van der Waals surface area (Å²) in [6, 6.07) is 27.2.